The highest BCUT2D eigenvalue weighted by Gasteiger charge is 2.43. The molecular formula is C19H19F3N2O4S. The Morgan fingerprint density at radius 2 is 2.03 bits per heavy atom. The molecule has 2 heterocycles. The molecule has 1 saturated heterocycles. The van der Waals surface area contributed by atoms with Crippen molar-refractivity contribution >= 4 is 17.1 Å². The van der Waals surface area contributed by atoms with Crippen molar-refractivity contribution in [2.24, 2.45) is 0 Å². The molecule has 1 aromatic carbocycles. The number of alkyl halides is 3. The summed E-state index contributed by atoms with van der Waals surface area (Å²) >= 11 is -1.99. The molecular weight excluding hydrogens is 409 g/mol. The molecule has 0 radical (unpaired) electrons. The smallest absolute Gasteiger partial charge is 0.422 e. The minimum Gasteiger partial charge on any atom is -0.610 e. The van der Waals surface area contributed by atoms with Crippen molar-refractivity contribution in [3.63, 3.8) is 0 Å². The van der Waals surface area contributed by atoms with Crippen LogP contribution in [0.15, 0.2) is 47.6 Å². The Bertz CT molecular complexity index is 848. The number of hydrogen-bond acceptors (Lipinski definition) is 5. The molecule has 6 nitrogen and oxygen atoms in total. The molecule has 3 rings (SSSR count). The van der Waals surface area contributed by atoms with Crippen LogP contribution in [0.1, 0.15) is 17.5 Å². The first-order valence-corrected chi connectivity index (χ1v) is 10.0. The van der Waals surface area contributed by atoms with E-state index in [1.165, 1.54) is 11.1 Å². The first-order chi connectivity index (χ1) is 13.8. The molecule has 2 aromatic rings. The predicted octanol–water partition coefficient (Wildman–Crippen LogP) is 2.38. The monoisotopic (exact) mass is 428 g/mol. The number of rotatable bonds is 6. The summed E-state index contributed by atoms with van der Waals surface area (Å²) in [6.45, 7) is 0.0232. The fraction of sp³-hybridized carbons (Fsp3) is 0.368. The molecule has 1 N–H and O–H groups in total. The summed E-state index contributed by atoms with van der Waals surface area (Å²) in [5, 5.41) is 7.88. The van der Waals surface area contributed by atoms with Crippen molar-refractivity contribution in [1.29, 1.82) is 0 Å². The number of ether oxygens (including phenoxy) is 1. The summed E-state index contributed by atoms with van der Waals surface area (Å²) in [5.41, 5.74) is -0.306. The maximum absolute atomic E-state index is 13.1. The minimum atomic E-state index is -4.65. The zero-order chi connectivity index (χ0) is 21.0. The van der Waals surface area contributed by atoms with Gasteiger partial charge in [-0.25, -0.2) is 4.98 Å². The lowest BCUT2D eigenvalue weighted by Crippen LogP contribution is -2.35. The maximum Gasteiger partial charge on any atom is 0.422 e. The highest BCUT2D eigenvalue weighted by atomic mass is 32.2. The molecule has 1 amide bonds. The van der Waals surface area contributed by atoms with Gasteiger partial charge in [-0.1, -0.05) is 12.1 Å². The number of hydrogen-bond donors (Lipinski definition) is 1. The Kier molecular flexibility index (Phi) is 6.66. The molecule has 1 unspecified atom stereocenters. The largest absolute Gasteiger partial charge is 0.610 e. The van der Waals surface area contributed by atoms with E-state index >= 15 is 0 Å². The molecule has 1 aromatic heterocycles. The zero-order valence-corrected chi connectivity index (χ0v) is 16.1. The van der Waals surface area contributed by atoms with Crippen LogP contribution in [0, 0.1) is 0 Å². The lowest BCUT2D eigenvalue weighted by Gasteiger charge is -2.20. The van der Waals surface area contributed by atoms with Gasteiger partial charge in [-0.15, -0.1) is 0 Å². The summed E-state index contributed by atoms with van der Waals surface area (Å²) in [5.74, 6) is 0.117. The lowest BCUT2D eigenvalue weighted by molar-refractivity contribution is -0.140. The number of likely N-dealkylation sites (tertiary alicyclic amines) is 1. The number of benzene rings is 1. The number of pyridine rings is 1. The molecule has 1 aliphatic rings. The average Bonchev–Trinajstić information content (AvgIpc) is 3.21. The normalized spacial score (nSPS) is 18.0. The fourth-order valence-electron chi connectivity index (χ4n) is 2.98. The van der Waals surface area contributed by atoms with Crippen molar-refractivity contribution < 1.29 is 32.4 Å². The third-order valence-electron chi connectivity index (χ3n) is 4.54. The molecule has 29 heavy (non-hydrogen) atoms. The number of carbonyl (C=O) groups is 1. The van der Waals surface area contributed by atoms with Crippen LogP contribution in [-0.4, -0.2) is 50.4 Å². The highest BCUT2D eigenvalue weighted by Crippen LogP contribution is 2.35. The van der Waals surface area contributed by atoms with E-state index in [-0.39, 0.29) is 32.2 Å². The quantitative estimate of drug-likeness (QED) is 0.714. The highest BCUT2D eigenvalue weighted by molar-refractivity contribution is 7.92. The fourth-order valence-corrected chi connectivity index (χ4v) is 4.50. The molecule has 1 aliphatic heterocycles. The Hall–Kier alpha value is -2.30. The first kappa shape index (κ1) is 21.4. The molecule has 0 saturated carbocycles. The Morgan fingerprint density at radius 3 is 2.69 bits per heavy atom. The van der Waals surface area contributed by atoms with E-state index in [0.29, 0.717) is 17.7 Å². The summed E-state index contributed by atoms with van der Waals surface area (Å²) in [6.07, 6.45) is -3.15. The molecule has 0 spiro atoms. The van der Waals surface area contributed by atoms with Crippen molar-refractivity contribution in [1.82, 2.24) is 9.88 Å². The summed E-state index contributed by atoms with van der Waals surface area (Å²) in [7, 11) is 0. The maximum atomic E-state index is 13.1. The van der Waals surface area contributed by atoms with Crippen LogP contribution < -0.4 is 4.74 Å². The first-order valence-electron chi connectivity index (χ1n) is 8.82. The summed E-state index contributed by atoms with van der Waals surface area (Å²) in [6, 6.07) is 8.59. The van der Waals surface area contributed by atoms with Gasteiger partial charge in [0.1, 0.15) is 16.6 Å². The van der Waals surface area contributed by atoms with Gasteiger partial charge in [0.2, 0.25) is 0 Å². The van der Waals surface area contributed by atoms with Gasteiger partial charge in [0.05, 0.1) is 13.2 Å². The van der Waals surface area contributed by atoms with Gasteiger partial charge in [0.15, 0.2) is 6.61 Å². The van der Waals surface area contributed by atoms with Gasteiger partial charge < -0.3 is 19.3 Å². The van der Waals surface area contributed by atoms with E-state index in [9.17, 15) is 22.5 Å². The molecule has 156 valence electrons. The topological polar surface area (TPSA) is 85.7 Å². The van der Waals surface area contributed by atoms with Gasteiger partial charge in [0, 0.05) is 30.3 Å². The minimum absolute atomic E-state index is 0.0755. The lowest BCUT2D eigenvalue weighted by atomic mass is 10.2. The average molecular weight is 428 g/mol. The number of amides is 1. The predicted molar refractivity (Wildman–Crippen MR) is 98.5 cm³/mol. The van der Waals surface area contributed by atoms with Crippen LogP contribution in [0.5, 0.6) is 5.75 Å². The van der Waals surface area contributed by atoms with Crippen LogP contribution in [-0.2, 0) is 28.8 Å². The molecule has 0 bridgehead atoms. The van der Waals surface area contributed by atoms with E-state index in [1.807, 2.05) is 0 Å². The van der Waals surface area contributed by atoms with Crippen LogP contribution in [0.25, 0.3) is 0 Å². The molecule has 10 heteroatoms. The summed E-state index contributed by atoms with van der Waals surface area (Å²) < 4.78 is 57.5. The zero-order valence-electron chi connectivity index (χ0n) is 15.3. The third-order valence-corrected chi connectivity index (χ3v) is 6.23. The number of nitrogens with zero attached hydrogens (tertiary/aromatic N) is 2. The van der Waals surface area contributed by atoms with Crippen LogP contribution in [0.4, 0.5) is 13.2 Å². The van der Waals surface area contributed by atoms with Gasteiger partial charge in [-0.2, -0.15) is 13.2 Å². The second-order valence-corrected chi connectivity index (χ2v) is 8.14. The van der Waals surface area contributed by atoms with Gasteiger partial charge in [-0.05, 0) is 29.8 Å². The third kappa shape index (κ3) is 5.20. The van der Waals surface area contributed by atoms with Crippen LogP contribution in [0.2, 0.25) is 0 Å². The van der Waals surface area contributed by atoms with Crippen molar-refractivity contribution in [2.75, 3.05) is 19.7 Å². The second-order valence-electron chi connectivity index (χ2n) is 6.49. The Balaban J connectivity index is 1.58. The SMILES string of the molecule is O=C(COc1ccc(CO)cc1)N1CC[C@H]([S+]([O-])c2ncccc2C(F)(F)F)C1. The van der Waals surface area contributed by atoms with E-state index in [2.05, 4.69) is 4.98 Å². The molecule has 0 aliphatic carbocycles. The number of carbonyl (C=O) groups excluding carboxylic acids is 1. The number of aromatic nitrogens is 1. The van der Waals surface area contributed by atoms with Gasteiger partial charge >= 0.3 is 6.18 Å². The number of aliphatic hydroxyl groups excluding tert-OH is 1. The van der Waals surface area contributed by atoms with Gasteiger partial charge in [0.25, 0.3) is 10.9 Å². The van der Waals surface area contributed by atoms with E-state index in [1.54, 1.807) is 24.3 Å². The van der Waals surface area contributed by atoms with Crippen molar-refractivity contribution in [2.45, 2.75) is 29.5 Å². The molecule has 1 fully saturated rings. The second kappa shape index (κ2) is 9.02. The molecule has 2 atom stereocenters. The van der Waals surface area contributed by atoms with Crippen LogP contribution >= 0.6 is 0 Å². The number of aliphatic hydroxyl groups is 1. The van der Waals surface area contributed by atoms with Gasteiger partial charge in [-0.3, -0.25) is 4.79 Å². The van der Waals surface area contributed by atoms with E-state index in [0.717, 1.165) is 12.1 Å². The Labute approximate surface area is 168 Å². The summed E-state index contributed by atoms with van der Waals surface area (Å²) in [4.78, 5) is 17.5. The van der Waals surface area contributed by atoms with E-state index in [4.69, 9.17) is 9.84 Å². The number of halogens is 3. The Morgan fingerprint density at radius 1 is 1.31 bits per heavy atom. The van der Waals surface area contributed by atoms with Crippen LogP contribution in [0.3, 0.4) is 0 Å². The van der Waals surface area contributed by atoms with E-state index < -0.39 is 33.2 Å². The standard InChI is InChI=1S/C19H19F3N2O4S/c20-19(21,22)16-2-1-8-23-18(16)29(27)15-7-9-24(10-15)17(26)12-28-14-5-3-13(11-25)4-6-14/h1-6,8,15,25H,7,9-12H2/t15-,29?/m0/s1. The van der Waals surface area contributed by atoms with Crippen molar-refractivity contribution in [3.05, 3.63) is 53.7 Å². The van der Waals surface area contributed by atoms with Crippen molar-refractivity contribution in [3.8, 4) is 5.75 Å².